The first-order chi connectivity index (χ1) is 9.91. The average molecular weight is 382 g/mol. The molecule has 118 valence electrons. The highest BCUT2D eigenvalue weighted by molar-refractivity contribution is 9.10. The number of aromatic nitrogens is 3. The van der Waals surface area contributed by atoms with Crippen LogP contribution in [0.15, 0.2) is 26.3 Å². The normalized spacial score (nSPS) is 12.1. The molecule has 0 aromatic carbocycles. The molecule has 0 aliphatic heterocycles. The molecule has 0 aliphatic rings. The molecule has 0 amide bonds. The summed E-state index contributed by atoms with van der Waals surface area (Å²) >= 11 is 2.94. The van der Waals surface area contributed by atoms with Crippen LogP contribution in [-0.4, -0.2) is 34.1 Å². The van der Waals surface area contributed by atoms with E-state index in [1.54, 1.807) is 26.0 Å². The van der Waals surface area contributed by atoms with E-state index in [1.807, 2.05) is 0 Å². The van der Waals surface area contributed by atoms with E-state index >= 15 is 0 Å². The summed E-state index contributed by atoms with van der Waals surface area (Å²) < 4.78 is 23.5. The van der Waals surface area contributed by atoms with Gasteiger partial charge >= 0.3 is 13.3 Å². The van der Waals surface area contributed by atoms with Crippen LogP contribution in [0.25, 0.3) is 0 Å². The minimum atomic E-state index is -3.13. The molecule has 1 rings (SSSR count). The van der Waals surface area contributed by atoms with Crippen LogP contribution in [0.4, 0.5) is 0 Å². The quantitative estimate of drug-likeness (QED) is 0.540. The first-order valence-corrected chi connectivity index (χ1v) is 8.84. The summed E-state index contributed by atoms with van der Waals surface area (Å²) in [5.41, 5.74) is -1.21. The first kappa shape index (κ1) is 18.0. The number of nitrogens with zero attached hydrogens (tertiary/aromatic N) is 2. The Morgan fingerprint density at radius 2 is 1.90 bits per heavy atom. The van der Waals surface area contributed by atoms with E-state index < -0.39 is 18.8 Å². The predicted octanol–water partition coefficient (Wildman–Crippen LogP) is 1.52. The maximum Gasteiger partial charge on any atom is 0.345 e. The molecule has 1 aromatic heterocycles. The van der Waals surface area contributed by atoms with Gasteiger partial charge in [-0.1, -0.05) is 12.2 Å². The van der Waals surface area contributed by atoms with Crippen LogP contribution in [-0.2, 0) is 20.2 Å². The Kier molecular flexibility index (Phi) is 7.24. The Morgan fingerprint density at radius 3 is 2.48 bits per heavy atom. The maximum atomic E-state index is 12.2. The Hall–Kier alpha value is -1.02. The summed E-state index contributed by atoms with van der Waals surface area (Å²) in [6.07, 6.45) is 3.30. The van der Waals surface area contributed by atoms with Crippen molar-refractivity contribution < 1.29 is 13.6 Å². The molecule has 0 bridgehead atoms. The predicted molar refractivity (Wildman–Crippen MR) is 81.7 cm³/mol. The topological polar surface area (TPSA) is 103 Å². The average Bonchev–Trinajstić information content (AvgIpc) is 2.41. The first-order valence-electron chi connectivity index (χ1n) is 6.32. The van der Waals surface area contributed by atoms with Crippen molar-refractivity contribution in [1.82, 2.24) is 14.8 Å². The van der Waals surface area contributed by atoms with E-state index in [1.165, 1.54) is 0 Å². The molecule has 21 heavy (non-hydrogen) atoms. The van der Waals surface area contributed by atoms with Gasteiger partial charge in [0.1, 0.15) is 0 Å². The maximum absolute atomic E-state index is 12.2. The molecule has 0 aliphatic carbocycles. The lowest BCUT2D eigenvalue weighted by Gasteiger charge is -2.14. The Labute approximate surface area is 129 Å². The van der Waals surface area contributed by atoms with Gasteiger partial charge in [0.05, 0.1) is 25.9 Å². The van der Waals surface area contributed by atoms with Crippen molar-refractivity contribution in [1.29, 1.82) is 0 Å². The summed E-state index contributed by atoms with van der Waals surface area (Å²) in [5.74, 6) is 0. The Balaban J connectivity index is 2.71. The van der Waals surface area contributed by atoms with Gasteiger partial charge in [0.25, 0.3) is 5.56 Å². The molecule has 0 radical (unpaired) electrons. The summed E-state index contributed by atoms with van der Waals surface area (Å²) in [6.45, 7) is 4.18. The van der Waals surface area contributed by atoms with Crippen LogP contribution in [0, 0.1) is 0 Å². The second-order valence-electron chi connectivity index (χ2n) is 3.83. The minimum absolute atomic E-state index is 0.0183. The fourth-order valence-electron chi connectivity index (χ4n) is 1.45. The largest absolute Gasteiger partial charge is 0.345 e. The zero-order valence-electron chi connectivity index (χ0n) is 11.7. The molecule has 8 nitrogen and oxygen atoms in total. The second-order valence-corrected chi connectivity index (χ2v) is 6.69. The van der Waals surface area contributed by atoms with Gasteiger partial charge < -0.3 is 9.05 Å². The third kappa shape index (κ3) is 5.70. The van der Waals surface area contributed by atoms with E-state index in [9.17, 15) is 14.2 Å². The molecule has 0 saturated carbocycles. The summed E-state index contributed by atoms with van der Waals surface area (Å²) in [6, 6.07) is 0. The highest BCUT2D eigenvalue weighted by Crippen LogP contribution is 2.47. The molecule has 1 N–H and O–H groups in total. The van der Waals surface area contributed by atoms with E-state index in [0.717, 1.165) is 4.68 Å². The lowest BCUT2D eigenvalue weighted by molar-refractivity contribution is 0.222. The highest BCUT2D eigenvalue weighted by Gasteiger charge is 2.20. The van der Waals surface area contributed by atoms with Crippen LogP contribution < -0.4 is 11.2 Å². The molecule has 1 aromatic rings. The molecule has 10 heteroatoms. The lowest BCUT2D eigenvalue weighted by atomic mass is 10.5. The van der Waals surface area contributed by atoms with Gasteiger partial charge in [-0.2, -0.15) is 5.10 Å². The lowest BCUT2D eigenvalue weighted by Crippen LogP contribution is -2.32. The zero-order chi connectivity index (χ0) is 15.9. The SMILES string of the molecule is CCOP(=O)(C/C=C/Cn1nc(Br)c(=O)[nH]c1=O)OCC. The van der Waals surface area contributed by atoms with Crippen molar-refractivity contribution in [3.8, 4) is 0 Å². The zero-order valence-corrected chi connectivity index (χ0v) is 14.2. The van der Waals surface area contributed by atoms with Crippen molar-refractivity contribution >= 4 is 23.5 Å². The molecule has 0 atom stereocenters. The van der Waals surface area contributed by atoms with Crippen LogP contribution in [0.5, 0.6) is 0 Å². The number of halogens is 1. The Morgan fingerprint density at radius 1 is 1.29 bits per heavy atom. The van der Waals surface area contributed by atoms with Gasteiger partial charge in [-0.05, 0) is 29.8 Å². The highest BCUT2D eigenvalue weighted by atomic mass is 79.9. The van der Waals surface area contributed by atoms with Crippen LogP contribution in [0.1, 0.15) is 13.8 Å². The standard InChI is InChI=1S/C11H17BrN3O5P/c1-3-19-21(18,20-4-2)8-6-5-7-15-11(17)13-10(16)9(12)14-15/h5-6H,3-4,7-8H2,1-2H3,(H,13,16,17)/b6-5+. The van der Waals surface area contributed by atoms with E-state index in [4.69, 9.17) is 9.05 Å². The van der Waals surface area contributed by atoms with Gasteiger partial charge in [0, 0.05) is 0 Å². The smallest absolute Gasteiger partial charge is 0.309 e. The number of H-pyrrole nitrogens is 1. The van der Waals surface area contributed by atoms with Crippen molar-refractivity contribution in [2.75, 3.05) is 19.4 Å². The van der Waals surface area contributed by atoms with Crippen molar-refractivity contribution in [2.45, 2.75) is 20.4 Å². The summed E-state index contributed by atoms with van der Waals surface area (Å²) in [5, 5.41) is 3.77. The molecule has 1 heterocycles. The molecule has 0 unspecified atom stereocenters. The van der Waals surface area contributed by atoms with Crippen LogP contribution >= 0.6 is 23.5 Å². The molecular weight excluding hydrogens is 365 g/mol. The van der Waals surface area contributed by atoms with Crippen molar-refractivity contribution in [2.24, 2.45) is 0 Å². The van der Waals surface area contributed by atoms with E-state index in [0.29, 0.717) is 13.2 Å². The van der Waals surface area contributed by atoms with Gasteiger partial charge in [-0.25, -0.2) is 9.48 Å². The Bertz CT molecular complexity index is 644. The third-order valence-corrected chi connectivity index (χ3v) is 4.76. The van der Waals surface area contributed by atoms with Gasteiger partial charge in [0.2, 0.25) is 0 Å². The van der Waals surface area contributed by atoms with Crippen LogP contribution in [0.3, 0.4) is 0 Å². The summed E-state index contributed by atoms with van der Waals surface area (Å²) in [7, 11) is -3.13. The van der Waals surface area contributed by atoms with Crippen molar-refractivity contribution in [3.63, 3.8) is 0 Å². The molecule has 0 fully saturated rings. The molecule has 0 spiro atoms. The van der Waals surface area contributed by atoms with Gasteiger partial charge in [-0.15, -0.1) is 0 Å². The number of nitrogens with one attached hydrogen (secondary N) is 1. The van der Waals surface area contributed by atoms with Crippen LogP contribution in [0.2, 0.25) is 0 Å². The second kappa shape index (κ2) is 8.43. The molecular formula is C11H17BrN3O5P. The molecule has 0 saturated heterocycles. The van der Waals surface area contributed by atoms with E-state index in [-0.39, 0.29) is 17.3 Å². The number of aromatic amines is 1. The summed E-state index contributed by atoms with van der Waals surface area (Å²) in [4.78, 5) is 24.7. The minimum Gasteiger partial charge on any atom is -0.309 e. The number of rotatable bonds is 8. The van der Waals surface area contributed by atoms with Gasteiger partial charge in [0.15, 0.2) is 4.60 Å². The van der Waals surface area contributed by atoms with E-state index in [2.05, 4.69) is 26.0 Å². The fraction of sp³-hybridized carbons (Fsp3) is 0.545. The number of hydrogen-bond donors (Lipinski definition) is 1. The van der Waals surface area contributed by atoms with Gasteiger partial charge in [-0.3, -0.25) is 14.3 Å². The third-order valence-electron chi connectivity index (χ3n) is 2.28. The number of allylic oxidation sites excluding steroid dienone is 2. The number of hydrogen-bond acceptors (Lipinski definition) is 6. The monoisotopic (exact) mass is 381 g/mol. The van der Waals surface area contributed by atoms with Crippen molar-refractivity contribution in [3.05, 3.63) is 37.6 Å². The fourth-order valence-corrected chi connectivity index (χ4v) is 3.22.